The number of hydrogen-bond acceptors (Lipinski definition) is 4. The smallest absolute Gasteiger partial charge is 0.272 e. The zero-order chi connectivity index (χ0) is 21.4. The number of fused-ring (bicyclic) bond motifs is 1. The van der Waals surface area contributed by atoms with E-state index in [9.17, 15) is 14.0 Å². The molecule has 0 aliphatic carbocycles. The van der Waals surface area contributed by atoms with Crippen LogP contribution in [0.25, 0.3) is 10.8 Å². The van der Waals surface area contributed by atoms with Gasteiger partial charge < -0.3 is 10.2 Å². The number of carbonyl (C=O) groups is 1. The molecule has 2 saturated heterocycles. The van der Waals surface area contributed by atoms with E-state index in [1.54, 1.807) is 29.2 Å². The van der Waals surface area contributed by atoms with Crippen LogP contribution in [0.3, 0.4) is 0 Å². The number of nitrogens with zero attached hydrogens (tertiary/aromatic N) is 2. The minimum atomic E-state index is -0.501. The molecule has 0 saturated carbocycles. The normalized spacial score (nSPS) is 18.0. The first kappa shape index (κ1) is 19.9. The fraction of sp³-hybridized carbons (Fsp3) is 0.375. The maximum atomic E-state index is 14.6. The molecule has 1 amide bonds. The van der Waals surface area contributed by atoms with Crippen LogP contribution < -0.4 is 10.9 Å². The monoisotopic (exact) mass is 420 g/mol. The third-order valence-electron chi connectivity index (χ3n) is 6.80. The van der Waals surface area contributed by atoms with Crippen molar-refractivity contribution in [1.82, 2.24) is 20.4 Å². The van der Waals surface area contributed by atoms with Gasteiger partial charge in [0.1, 0.15) is 5.82 Å². The zero-order valence-corrected chi connectivity index (χ0v) is 17.3. The molecule has 2 aromatic carbocycles. The van der Waals surface area contributed by atoms with Crippen molar-refractivity contribution < 1.29 is 9.18 Å². The second-order valence-corrected chi connectivity index (χ2v) is 8.76. The average Bonchev–Trinajstić information content (AvgIpc) is 3.20. The minimum absolute atomic E-state index is 0.109. The Morgan fingerprint density at radius 3 is 2.68 bits per heavy atom. The van der Waals surface area contributed by atoms with Gasteiger partial charge in [0.25, 0.3) is 11.5 Å². The van der Waals surface area contributed by atoms with Gasteiger partial charge in [0.15, 0.2) is 0 Å². The Hall–Kier alpha value is -3.06. The van der Waals surface area contributed by atoms with Crippen molar-refractivity contribution in [2.45, 2.75) is 25.7 Å². The van der Waals surface area contributed by atoms with Gasteiger partial charge in [-0.15, -0.1) is 0 Å². The Kier molecular flexibility index (Phi) is 5.06. The van der Waals surface area contributed by atoms with Crippen LogP contribution in [0.4, 0.5) is 4.39 Å². The first-order chi connectivity index (χ1) is 15.0. The summed E-state index contributed by atoms with van der Waals surface area (Å²) >= 11 is 0. The summed E-state index contributed by atoms with van der Waals surface area (Å²) in [5.74, 6) is -0.742. The predicted octanol–water partition coefficient (Wildman–Crippen LogP) is 2.87. The largest absolute Gasteiger partial charge is 0.338 e. The highest BCUT2D eigenvalue weighted by Gasteiger charge is 2.41. The van der Waals surface area contributed by atoms with E-state index in [1.165, 1.54) is 6.07 Å². The molecule has 5 rings (SSSR count). The van der Waals surface area contributed by atoms with E-state index in [2.05, 4.69) is 15.5 Å². The summed E-state index contributed by atoms with van der Waals surface area (Å²) in [6.07, 6.45) is 3.50. The quantitative estimate of drug-likeness (QED) is 0.683. The van der Waals surface area contributed by atoms with Crippen LogP contribution in [0.1, 0.15) is 40.9 Å². The molecule has 160 valence electrons. The zero-order valence-electron chi connectivity index (χ0n) is 17.3. The van der Waals surface area contributed by atoms with Crippen molar-refractivity contribution >= 4 is 16.7 Å². The fourth-order valence-corrected chi connectivity index (χ4v) is 4.99. The summed E-state index contributed by atoms with van der Waals surface area (Å²) in [5, 5.41) is 11.4. The first-order valence-corrected chi connectivity index (χ1v) is 10.8. The molecule has 0 bridgehead atoms. The Bertz CT molecular complexity index is 1200. The third kappa shape index (κ3) is 3.74. The summed E-state index contributed by atoms with van der Waals surface area (Å²) in [7, 11) is 0. The third-order valence-corrected chi connectivity index (χ3v) is 6.80. The number of halogens is 1. The Morgan fingerprint density at radius 1 is 1.10 bits per heavy atom. The number of amides is 1. The van der Waals surface area contributed by atoms with Gasteiger partial charge in [0.05, 0.1) is 16.6 Å². The van der Waals surface area contributed by atoms with E-state index in [-0.39, 0.29) is 22.4 Å². The van der Waals surface area contributed by atoms with Crippen LogP contribution in [0.5, 0.6) is 0 Å². The molecular formula is C24H25FN4O2. The minimum Gasteiger partial charge on any atom is -0.338 e. The number of hydrogen-bond donors (Lipinski definition) is 2. The van der Waals surface area contributed by atoms with E-state index in [0.717, 1.165) is 43.3 Å². The summed E-state index contributed by atoms with van der Waals surface area (Å²) in [5.41, 5.74) is 1.51. The van der Waals surface area contributed by atoms with Gasteiger partial charge in [-0.25, -0.2) is 9.49 Å². The second-order valence-electron chi connectivity index (χ2n) is 8.76. The van der Waals surface area contributed by atoms with Gasteiger partial charge in [-0.2, -0.15) is 5.10 Å². The fourth-order valence-electron chi connectivity index (χ4n) is 4.99. The highest BCUT2D eigenvalue weighted by atomic mass is 19.1. The van der Waals surface area contributed by atoms with Gasteiger partial charge >= 0.3 is 0 Å². The van der Waals surface area contributed by atoms with Crippen LogP contribution >= 0.6 is 0 Å². The molecule has 3 heterocycles. The number of nitrogens with one attached hydrogen (secondary N) is 2. The van der Waals surface area contributed by atoms with Crippen LogP contribution in [0.15, 0.2) is 47.3 Å². The maximum Gasteiger partial charge on any atom is 0.272 e. The lowest BCUT2D eigenvalue weighted by molar-refractivity contribution is 0.0757. The van der Waals surface area contributed by atoms with Crippen LogP contribution in [-0.2, 0) is 6.42 Å². The summed E-state index contributed by atoms with van der Waals surface area (Å²) < 4.78 is 14.6. The number of benzene rings is 2. The van der Waals surface area contributed by atoms with E-state index in [4.69, 9.17) is 0 Å². The summed E-state index contributed by atoms with van der Waals surface area (Å²) in [4.78, 5) is 27.0. The lowest BCUT2D eigenvalue weighted by atomic mass is 9.78. The van der Waals surface area contributed by atoms with Crippen molar-refractivity contribution in [2.24, 2.45) is 5.41 Å². The molecule has 1 spiro atoms. The molecule has 7 heteroatoms. The molecule has 0 atom stereocenters. The van der Waals surface area contributed by atoms with E-state index in [1.807, 2.05) is 12.1 Å². The number of aromatic amines is 1. The van der Waals surface area contributed by atoms with Crippen molar-refractivity contribution in [3.63, 3.8) is 0 Å². The van der Waals surface area contributed by atoms with E-state index < -0.39 is 5.82 Å². The Labute approximate surface area is 179 Å². The molecule has 2 aliphatic rings. The van der Waals surface area contributed by atoms with E-state index in [0.29, 0.717) is 30.6 Å². The molecule has 2 N–H and O–H groups in total. The molecule has 0 unspecified atom stereocenters. The molecule has 3 aromatic rings. The highest BCUT2D eigenvalue weighted by Crippen LogP contribution is 2.39. The standard InChI is InChI=1S/C24H25FN4O2/c25-20-6-5-16(14-21-17-3-1-2-4-18(17)22(30)28-27-21)13-19(20)23(31)29-12-9-24(15-29)7-10-26-11-8-24/h1-6,13,26H,7-12,14-15H2,(H,28,30). The van der Waals surface area contributed by atoms with Gasteiger partial charge in [-0.3, -0.25) is 9.59 Å². The molecule has 2 aliphatic heterocycles. The summed E-state index contributed by atoms with van der Waals surface area (Å²) in [6, 6.07) is 11.9. The number of rotatable bonds is 3. The van der Waals surface area contributed by atoms with Gasteiger partial charge in [-0.05, 0) is 61.5 Å². The Balaban J connectivity index is 1.41. The predicted molar refractivity (Wildman–Crippen MR) is 117 cm³/mol. The van der Waals surface area contributed by atoms with Crippen molar-refractivity contribution in [2.75, 3.05) is 26.2 Å². The molecule has 6 nitrogen and oxygen atoms in total. The molecule has 2 fully saturated rings. The number of carbonyl (C=O) groups excluding carboxylic acids is 1. The first-order valence-electron chi connectivity index (χ1n) is 10.8. The molecule has 0 radical (unpaired) electrons. The Morgan fingerprint density at radius 2 is 1.87 bits per heavy atom. The molecular weight excluding hydrogens is 395 g/mol. The topological polar surface area (TPSA) is 78.1 Å². The van der Waals surface area contributed by atoms with Crippen molar-refractivity contribution in [3.05, 3.63) is 75.5 Å². The van der Waals surface area contributed by atoms with Crippen LogP contribution in [0, 0.1) is 11.2 Å². The number of likely N-dealkylation sites (tertiary alicyclic amines) is 1. The number of piperidine rings is 1. The average molecular weight is 420 g/mol. The lowest BCUT2D eigenvalue weighted by Crippen LogP contribution is -2.39. The highest BCUT2D eigenvalue weighted by molar-refractivity contribution is 5.95. The second kappa shape index (κ2) is 7.89. The molecule has 31 heavy (non-hydrogen) atoms. The van der Waals surface area contributed by atoms with Gasteiger partial charge in [0.2, 0.25) is 0 Å². The molecule has 1 aromatic heterocycles. The van der Waals surface area contributed by atoms with Crippen LogP contribution in [0.2, 0.25) is 0 Å². The SMILES string of the molecule is O=C(c1cc(Cc2n[nH]c(=O)c3ccccc23)ccc1F)N1CCC2(CCNCC2)C1. The maximum absolute atomic E-state index is 14.6. The van der Waals surface area contributed by atoms with Gasteiger partial charge in [-0.1, -0.05) is 24.3 Å². The summed E-state index contributed by atoms with van der Waals surface area (Å²) in [6.45, 7) is 3.33. The number of aromatic nitrogens is 2. The lowest BCUT2D eigenvalue weighted by Gasteiger charge is -2.33. The van der Waals surface area contributed by atoms with E-state index >= 15 is 0 Å². The van der Waals surface area contributed by atoms with Gasteiger partial charge in [0, 0.05) is 24.9 Å². The van der Waals surface area contributed by atoms with Crippen molar-refractivity contribution in [1.29, 1.82) is 0 Å². The van der Waals surface area contributed by atoms with Crippen LogP contribution in [-0.4, -0.2) is 47.2 Å². The van der Waals surface area contributed by atoms with Crippen molar-refractivity contribution in [3.8, 4) is 0 Å². The number of H-pyrrole nitrogens is 1.